The van der Waals surface area contributed by atoms with E-state index in [1.165, 1.54) is 4.57 Å². The predicted molar refractivity (Wildman–Crippen MR) is 171 cm³/mol. The Balaban J connectivity index is 1.42. The van der Waals surface area contributed by atoms with Crippen molar-refractivity contribution in [3.63, 3.8) is 0 Å². The van der Waals surface area contributed by atoms with E-state index >= 15 is 0 Å². The minimum atomic E-state index is -0.971. The van der Waals surface area contributed by atoms with E-state index in [-0.39, 0.29) is 5.56 Å². The maximum Gasteiger partial charge on any atom is 0.418 e. The van der Waals surface area contributed by atoms with Crippen molar-refractivity contribution < 1.29 is 19.4 Å². The van der Waals surface area contributed by atoms with Crippen molar-refractivity contribution in [1.29, 1.82) is 0 Å². The first-order valence-corrected chi connectivity index (χ1v) is 14.3. The highest BCUT2D eigenvalue weighted by atomic mass is 35.5. The molecule has 218 valence electrons. The van der Waals surface area contributed by atoms with Gasteiger partial charge in [0, 0.05) is 29.5 Å². The fourth-order valence-corrected chi connectivity index (χ4v) is 4.99. The van der Waals surface area contributed by atoms with Gasteiger partial charge in [-0.2, -0.15) is 0 Å². The lowest BCUT2D eigenvalue weighted by Crippen LogP contribution is -2.27. The van der Waals surface area contributed by atoms with Crippen molar-refractivity contribution in [2.45, 2.75) is 32.9 Å². The van der Waals surface area contributed by atoms with Crippen LogP contribution in [0.15, 0.2) is 91.3 Å². The van der Waals surface area contributed by atoms with Crippen molar-refractivity contribution >= 4 is 47.4 Å². The summed E-state index contributed by atoms with van der Waals surface area (Å²) in [4.78, 5) is 28.8. The molecule has 0 bridgehead atoms. The second kappa shape index (κ2) is 12.3. The summed E-state index contributed by atoms with van der Waals surface area (Å²) >= 11 is 12.6. The second-order valence-corrected chi connectivity index (χ2v) is 11.8. The molecule has 0 aliphatic carbocycles. The molecule has 0 spiro atoms. The Morgan fingerprint density at radius 2 is 1.67 bits per heavy atom. The van der Waals surface area contributed by atoms with E-state index in [4.69, 9.17) is 32.9 Å². The predicted octanol–water partition coefficient (Wildman–Crippen LogP) is 9.03. The van der Waals surface area contributed by atoms with E-state index in [1.807, 2.05) is 86.2 Å². The number of imidazole rings is 1. The van der Waals surface area contributed by atoms with Gasteiger partial charge in [-0.1, -0.05) is 65.7 Å². The molecule has 3 aromatic carbocycles. The molecule has 0 fully saturated rings. The number of carboxylic acids is 1. The Bertz CT molecular complexity index is 1810. The second-order valence-electron chi connectivity index (χ2n) is 10.9. The molecule has 0 amide bonds. The number of aromatic nitrogens is 3. The average Bonchev–Trinajstić information content (AvgIpc) is 3.59. The number of hydrogen-bond acceptors (Lipinski definition) is 4. The third kappa shape index (κ3) is 7.25. The minimum absolute atomic E-state index is 0.227. The first kappa shape index (κ1) is 29.9. The lowest BCUT2D eigenvalue weighted by Gasteiger charge is -2.20. The van der Waals surface area contributed by atoms with Crippen LogP contribution in [0.4, 0.5) is 4.79 Å². The van der Waals surface area contributed by atoms with Crippen molar-refractivity contribution in [1.82, 2.24) is 14.1 Å². The number of benzene rings is 3. The lowest BCUT2D eigenvalue weighted by molar-refractivity contribution is 0.0539. The van der Waals surface area contributed by atoms with Crippen LogP contribution in [0.5, 0.6) is 0 Å². The number of nitrogens with zero attached hydrogens (tertiary/aromatic N) is 3. The van der Waals surface area contributed by atoms with Gasteiger partial charge in [0.05, 0.1) is 22.0 Å². The SMILES string of the molecule is CC(C)(C)OC(=O)n1cccc1-c1ccc(/C=C/c2nc(-c3ccc(Cl)cc3Cl)cn2Cc2ccc(C(=O)O)cc2)cc1. The minimum Gasteiger partial charge on any atom is -0.478 e. The molecular formula is C34H29Cl2N3O4. The summed E-state index contributed by atoms with van der Waals surface area (Å²) in [6.45, 7) is 5.98. The Morgan fingerprint density at radius 3 is 2.33 bits per heavy atom. The number of halogens is 2. The van der Waals surface area contributed by atoms with E-state index in [1.54, 1.807) is 42.6 Å². The van der Waals surface area contributed by atoms with Crippen LogP contribution >= 0.6 is 23.2 Å². The highest BCUT2D eigenvalue weighted by molar-refractivity contribution is 6.36. The smallest absolute Gasteiger partial charge is 0.418 e. The molecular weight excluding hydrogens is 585 g/mol. The zero-order valence-corrected chi connectivity index (χ0v) is 25.3. The van der Waals surface area contributed by atoms with Crippen LogP contribution in [-0.4, -0.2) is 36.9 Å². The van der Waals surface area contributed by atoms with Crippen molar-refractivity contribution in [2.75, 3.05) is 0 Å². The van der Waals surface area contributed by atoms with E-state index in [9.17, 15) is 14.7 Å². The third-order valence-corrected chi connectivity index (χ3v) is 7.09. The zero-order chi connectivity index (χ0) is 30.7. The Labute approximate surface area is 259 Å². The molecule has 1 N–H and O–H groups in total. The normalized spacial score (nSPS) is 11.7. The highest BCUT2D eigenvalue weighted by Gasteiger charge is 2.20. The quantitative estimate of drug-likeness (QED) is 0.198. The number of carboxylic acid groups (broad SMARTS) is 1. The Morgan fingerprint density at radius 1 is 0.953 bits per heavy atom. The molecule has 0 radical (unpaired) electrons. The molecule has 43 heavy (non-hydrogen) atoms. The van der Waals surface area contributed by atoms with Gasteiger partial charge in [-0.25, -0.2) is 14.6 Å². The van der Waals surface area contributed by atoms with Gasteiger partial charge in [0.15, 0.2) is 0 Å². The summed E-state index contributed by atoms with van der Waals surface area (Å²) in [5.74, 6) is -0.285. The maximum atomic E-state index is 12.7. The molecule has 5 rings (SSSR count). The molecule has 7 nitrogen and oxygen atoms in total. The fourth-order valence-electron chi connectivity index (χ4n) is 4.49. The topological polar surface area (TPSA) is 86.4 Å². The van der Waals surface area contributed by atoms with Crippen molar-refractivity contribution in [3.8, 4) is 22.5 Å². The van der Waals surface area contributed by atoms with Crippen LogP contribution in [0, 0.1) is 0 Å². The van der Waals surface area contributed by atoms with Gasteiger partial charge in [-0.3, -0.25) is 4.57 Å². The van der Waals surface area contributed by atoms with Gasteiger partial charge < -0.3 is 14.4 Å². The Kier molecular flexibility index (Phi) is 8.57. The van der Waals surface area contributed by atoms with Gasteiger partial charge in [-0.05, 0) is 86.0 Å². The van der Waals surface area contributed by atoms with Gasteiger partial charge in [-0.15, -0.1) is 0 Å². The first-order valence-electron chi connectivity index (χ1n) is 13.5. The summed E-state index contributed by atoms with van der Waals surface area (Å²) in [7, 11) is 0. The van der Waals surface area contributed by atoms with Gasteiger partial charge in [0.2, 0.25) is 0 Å². The van der Waals surface area contributed by atoms with Crippen molar-refractivity contribution in [3.05, 3.63) is 124 Å². The number of aromatic carboxylic acids is 1. The largest absolute Gasteiger partial charge is 0.478 e. The number of hydrogen-bond donors (Lipinski definition) is 1. The van der Waals surface area contributed by atoms with Crippen LogP contribution in [0.1, 0.15) is 48.1 Å². The monoisotopic (exact) mass is 613 g/mol. The summed E-state index contributed by atoms with van der Waals surface area (Å²) < 4.78 is 9.02. The van der Waals surface area contributed by atoms with Crippen LogP contribution < -0.4 is 0 Å². The number of carbonyl (C=O) groups is 2. The summed E-state index contributed by atoms with van der Waals surface area (Å²) in [5, 5.41) is 10.3. The van der Waals surface area contributed by atoms with Crippen LogP contribution in [0.3, 0.4) is 0 Å². The highest BCUT2D eigenvalue weighted by Crippen LogP contribution is 2.31. The van der Waals surface area contributed by atoms with E-state index in [0.717, 1.165) is 27.9 Å². The molecule has 2 heterocycles. The Hall–Kier alpha value is -4.59. The molecule has 9 heteroatoms. The molecule has 0 saturated heterocycles. The van der Waals surface area contributed by atoms with Crippen molar-refractivity contribution in [2.24, 2.45) is 0 Å². The number of carbonyl (C=O) groups excluding carboxylic acids is 1. The van der Waals surface area contributed by atoms with E-state index in [2.05, 4.69) is 0 Å². The summed E-state index contributed by atoms with van der Waals surface area (Å²) in [6.07, 6.45) is 7.04. The van der Waals surface area contributed by atoms with Crippen LogP contribution in [0.2, 0.25) is 10.0 Å². The van der Waals surface area contributed by atoms with Gasteiger partial charge >= 0.3 is 12.1 Å². The maximum absolute atomic E-state index is 12.7. The van der Waals surface area contributed by atoms with Crippen LogP contribution in [0.25, 0.3) is 34.7 Å². The molecule has 0 aliphatic heterocycles. The van der Waals surface area contributed by atoms with Gasteiger partial charge in [0.25, 0.3) is 0 Å². The van der Waals surface area contributed by atoms with E-state index in [0.29, 0.717) is 28.1 Å². The molecule has 0 aliphatic rings. The summed E-state index contributed by atoms with van der Waals surface area (Å²) in [5.41, 5.74) is 4.52. The van der Waals surface area contributed by atoms with Gasteiger partial charge in [0.1, 0.15) is 11.4 Å². The fraction of sp³-hybridized carbons (Fsp3) is 0.147. The molecule has 5 aromatic rings. The summed E-state index contributed by atoms with van der Waals surface area (Å²) in [6, 6.07) is 23.5. The molecule has 0 unspecified atom stereocenters. The van der Waals surface area contributed by atoms with E-state index < -0.39 is 17.7 Å². The van der Waals surface area contributed by atoms with Crippen LogP contribution in [-0.2, 0) is 11.3 Å². The standard InChI is InChI=1S/C34H29Cl2N3O4/c1-34(2,3)43-33(42)39-18-4-5-30(39)24-11-6-22(7-12-24)10-17-31-37-29(27-16-15-26(35)19-28(27)36)21-38(31)20-23-8-13-25(14-9-23)32(40)41/h4-19,21H,20H2,1-3H3,(H,40,41)/b17-10+. The molecule has 2 aromatic heterocycles. The first-order chi connectivity index (χ1) is 20.5. The zero-order valence-electron chi connectivity index (χ0n) is 23.8. The number of rotatable bonds is 7. The third-order valence-electron chi connectivity index (χ3n) is 6.54. The average molecular weight is 615 g/mol. The lowest BCUT2D eigenvalue weighted by atomic mass is 10.1. The molecule has 0 atom stereocenters. The number of ether oxygens (including phenoxy) is 1. The molecule has 0 saturated carbocycles.